The van der Waals surface area contributed by atoms with E-state index in [9.17, 15) is 82.4 Å². The SMILES string of the molecule is CC(C)CC1=CN(CCCCC(C)NC(=O)C(Cc2ccccc2)NC(=O)C(Cc2ccccc2)NC(=O)C(CC(=O)O)NC(=O)C(CC(=O)O)NC(=O)C(CC(=O)O)NC(=O)CNC(=O)CNC(=O)CNC(=O)C(CC(=O)O)NC=O)NN1. The summed E-state index contributed by atoms with van der Waals surface area (Å²) in [6, 6.07) is 6.08. The molecule has 458 valence electrons. The van der Waals surface area contributed by atoms with E-state index in [4.69, 9.17) is 5.11 Å². The predicted molar refractivity (Wildman–Crippen MR) is 293 cm³/mol. The van der Waals surface area contributed by atoms with Crippen LogP contribution in [-0.4, -0.2) is 177 Å². The number of aliphatic carboxylic acids is 4. The molecule has 0 saturated heterocycles. The molecule has 84 heavy (non-hydrogen) atoms. The molecule has 16 N–H and O–H groups in total. The Morgan fingerprint density at radius 2 is 0.881 bits per heavy atom. The summed E-state index contributed by atoms with van der Waals surface area (Å²) < 4.78 is 0. The van der Waals surface area contributed by atoms with Gasteiger partial charge in [-0.15, -0.1) is 5.53 Å². The van der Waals surface area contributed by atoms with Gasteiger partial charge in [0.15, 0.2) is 0 Å². The van der Waals surface area contributed by atoms with E-state index in [1.54, 1.807) is 60.7 Å². The van der Waals surface area contributed by atoms with Gasteiger partial charge < -0.3 is 79.0 Å². The van der Waals surface area contributed by atoms with Gasteiger partial charge in [0.25, 0.3) is 0 Å². The van der Waals surface area contributed by atoms with E-state index in [1.807, 2.05) is 34.1 Å². The molecule has 3 rings (SSSR count). The Labute approximate surface area is 481 Å². The van der Waals surface area contributed by atoms with Crippen molar-refractivity contribution in [2.45, 2.75) is 127 Å². The molecule has 1 heterocycles. The zero-order valence-electron chi connectivity index (χ0n) is 46.4. The van der Waals surface area contributed by atoms with Gasteiger partial charge in [-0.1, -0.05) is 74.5 Å². The third-order valence-electron chi connectivity index (χ3n) is 12.1. The van der Waals surface area contributed by atoms with E-state index in [1.165, 1.54) is 0 Å². The van der Waals surface area contributed by atoms with Crippen LogP contribution in [0.5, 0.6) is 0 Å². The van der Waals surface area contributed by atoms with Gasteiger partial charge in [-0.25, -0.2) is 0 Å². The first kappa shape index (κ1) is 68.6. The van der Waals surface area contributed by atoms with Crippen molar-refractivity contribution in [1.82, 2.24) is 69.1 Å². The second-order valence-corrected chi connectivity index (χ2v) is 19.8. The molecular weight excluding hydrogens is 1110 g/mol. The van der Waals surface area contributed by atoms with Gasteiger partial charge in [0.05, 0.1) is 45.3 Å². The second-order valence-electron chi connectivity index (χ2n) is 19.8. The molecule has 7 unspecified atom stereocenters. The molecule has 0 radical (unpaired) electrons. The van der Waals surface area contributed by atoms with Crippen molar-refractivity contribution in [2.24, 2.45) is 5.92 Å². The minimum Gasteiger partial charge on any atom is -0.481 e. The molecule has 2 aromatic rings. The Balaban J connectivity index is 1.73. The number of carbonyl (C=O) groups excluding carboxylic acids is 10. The molecule has 0 aliphatic carbocycles. The van der Waals surface area contributed by atoms with Crippen molar-refractivity contribution in [3.63, 3.8) is 0 Å². The zero-order chi connectivity index (χ0) is 62.3. The molecule has 31 nitrogen and oxygen atoms in total. The first-order chi connectivity index (χ1) is 39.8. The minimum absolute atomic E-state index is 0.00978. The Hall–Kier alpha value is -9.68. The van der Waals surface area contributed by atoms with E-state index in [0.29, 0.717) is 30.0 Å². The van der Waals surface area contributed by atoms with Crippen LogP contribution in [0.1, 0.15) is 83.3 Å². The summed E-state index contributed by atoms with van der Waals surface area (Å²) in [5, 5.41) is 62.2. The van der Waals surface area contributed by atoms with Gasteiger partial charge >= 0.3 is 23.9 Å². The monoisotopic (exact) mass is 1180 g/mol. The number of carboxylic acids is 4. The molecule has 1 aliphatic rings. The van der Waals surface area contributed by atoms with Crippen LogP contribution >= 0.6 is 0 Å². The summed E-state index contributed by atoms with van der Waals surface area (Å²) in [5.74, 6) is -15.9. The zero-order valence-corrected chi connectivity index (χ0v) is 46.4. The Morgan fingerprint density at radius 3 is 1.33 bits per heavy atom. The summed E-state index contributed by atoms with van der Waals surface area (Å²) in [4.78, 5) is 177. The number of benzene rings is 2. The summed E-state index contributed by atoms with van der Waals surface area (Å²) in [5.41, 5.74) is 8.51. The lowest BCUT2D eigenvalue weighted by Gasteiger charge is -2.27. The first-order valence-corrected chi connectivity index (χ1v) is 26.6. The van der Waals surface area contributed by atoms with Crippen molar-refractivity contribution >= 4 is 83.5 Å². The minimum atomic E-state index is -2.17. The van der Waals surface area contributed by atoms with Crippen molar-refractivity contribution < 1.29 is 87.5 Å². The second kappa shape index (κ2) is 35.9. The smallest absolute Gasteiger partial charge is 0.305 e. The van der Waals surface area contributed by atoms with Gasteiger partial charge in [-0.05, 0) is 49.7 Å². The van der Waals surface area contributed by atoms with Crippen LogP contribution in [-0.2, 0) is 80.0 Å². The highest BCUT2D eigenvalue weighted by molar-refractivity contribution is 5.99. The molecule has 0 bridgehead atoms. The summed E-state index contributed by atoms with van der Waals surface area (Å²) >= 11 is 0. The highest BCUT2D eigenvalue weighted by Crippen LogP contribution is 2.14. The largest absolute Gasteiger partial charge is 0.481 e. The van der Waals surface area contributed by atoms with Crippen LogP contribution in [0.2, 0.25) is 0 Å². The molecule has 0 spiro atoms. The number of hydrazine groups is 2. The highest BCUT2D eigenvalue weighted by atomic mass is 16.4. The summed E-state index contributed by atoms with van der Waals surface area (Å²) in [6.07, 6.45) is 0.481. The van der Waals surface area contributed by atoms with Crippen LogP contribution in [0.4, 0.5) is 0 Å². The molecule has 0 fully saturated rings. The molecule has 1 aliphatic heterocycles. The van der Waals surface area contributed by atoms with Crippen LogP contribution in [0.3, 0.4) is 0 Å². The number of carbonyl (C=O) groups is 14. The maximum absolute atomic E-state index is 14.4. The lowest BCUT2D eigenvalue weighted by atomic mass is 10.0. The fraction of sp³-hybridized carbons (Fsp3) is 0.472. The average molecular weight is 1180 g/mol. The number of hydrogen-bond donors (Lipinski definition) is 16. The van der Waals surface area contributed by atoms with Crippen LogP contribution < -0.4 is 64.1 Å². The van der Waals surface area contributed by atoms with E-state index in [2.05, 4.69) is 62.0 Å². The Bertz CT molecular complexity index is 2680. The maximum atomic E-state index is 14.4. The topological polar surface area (TPSA) is 467 Å². The van der Waals surface area contributed by atoms with E-state index in [0.717, 1.165) is 25.0 Å². The number of allylic oxidation sites excluding steroid dienone is 1. The third kappa shape index (κ3) is 27.2. The number of hydrogen-bond acceptors (Lipinski definition) is 17. The maximum Gasteiger partial charge on any atom is 0.305 e. The molecule has 7 atom stereocenters. The molecule has 10 amide bonds. The third-order valence-corrected chi connectivity index (χ3v) is 12.1. The van der Waals surface area contributed by atoms with E-state index >= 15 is 0 Å². The Kier molecular flexibility index (Phi) is 29.3. The lowest BCUT2D eigenvalue weighted by molar-refractivity contribution is -0.144. The number of carboxylic acid groups (broad SMARTS) is 4. The fourth-order valence-corrected chi connectivity index (χ4v) is 8.07. The molecule has 0 saturated carbocycles. The van der Waals surface area contributed by atoms with Gasteiger partial charge in [0.2, 0.25) is 59.6 Å². The molecule has 0 aromatic heterocycles. The van der Waals surface area contributed by atoms with Crippen LogP contribution in [0, 0.1) is 5.92 Å². The van der Waals surface area contributed by atoms with Crippen LogP contribution in [0.15, 0.2) is 72.6 Å². The molecule has 2 aromatic carbocycles. The lowest BCUT2D eigenvalue weighted by Crippen LogP contribution is -2.60. The standard InChI is InChI=1S/C53H73N13O18/c1-30(2)18-34-28-66(65-64-34)17-11-10-12-31(3)58-49(80)36(19-32-13-6-4-7-14-32)60-50(81)37(20-33-15-8-5-9-16-33)61-52(83)39(23-46(75)76)63-53(84)40(24-47(77)78)62-51(82)38(22-45(73)74)59-43(70)27-55-41(68)25-54-42(69)26-56-48(79)35(57-29-67)21-44(71)72/h4-9,13-16,28-31,35-40,64-65H,10-12,17-27H2,1-3H3,(H,54,69)(H,55,68)(H,56,79)(H,57,67)(H,58,80)(H,59,70)(H,60,81)(H,61,83)(H,62,82)(H,63,84)(H,71,72)(H,73,74)(H,75,76)(H,77,78). The number of amides is 10. The number of unbranched alkanes of at least 4 members (excludes halogenated alkanes) is 1. The first-order valence-electron chi connectivity index (χ1n) is 26.6. The quantitative estimate of drug-likeness (QED) is 0.0225. The normalized spacial score (nSPS) is 14.1. The van der Waals surface area contributed by atoms with E-state index < -0.39 is 159 Å². The van der Waals surface area contributed by atoms with Gasteiger partial charge in [0, 0.05) is 37.3 Å². The molecule has 31 heteroatoms. The summed E-state index contributed by atoms with van der Waals surface area (Å²) in [6.45, 7) is 4.24. The average Bonchev–Trinajstić information content (AvgIpc) is 3.96. The fourth-order valence-electron chi connectivity index (χ4n) is 8.07. The number of nitrogens with zero attached hydrogens (tertiary/aromatic N) is 1. The van der Waals surface area contributed by atoms with Crippen molar-refractivity contribution in [1.29, 1.82) is 0 Å². The van der Waals surface area contributed by atoms with Crippen molar-refractivity contribution in [3.05, 3.63) is 83.7 Å². The van der Waals surface area contributed by atoms with Gasteiger partial charge in [-0.3, -0.25) is 72.1 Å². The molecular formula is C53H73N13O18. The van der Waals surface area contributed by atoms with Crippen LogP contribution in [0.25, 0.3) is 0 Å². The van der Waals surface area contributed by atoms with E-state index in [-0.39, 0.29) is 25.3 Å². The Morgan fingerprint density at radius 1 is 0.476 bits per heavy atom. The summed E-state index contributed by atoms with van der Waals surface area (Å²) in [7, 11) is 0. The van der Waals surface area contributed by atoms with Gasteiger partial charge in [-0.2, -0.15) is 0 Å². The highest BCUT2D eigenvalue weighted by Gasteiger charge is 2.35. The van der Waals surface area contributed by atoms with Gasteiger partial charge in [0.1, 0.15) is 36.3 Å². The van der Waals surface area contributed by atoms with Crippen molar-refractivity contribution in [3.8, 4) is 0 Å². The number of nitrogens with one attached hydrogen (secondary N) is 12. The predicted octanol–water partition coefficient (Wildman–Crippen LogP) is -3.85. The van der Waals surface area contributed by atoms with Crippen molar-refractivity contribution in [2.75, 3.05) is 26.2 Å². The number of rotatable bonds is 39.